The van der Waals surface area contributed by atoms with Gasteiger partial charge in [0.2, 0.25) is 5.95 Å². The van der Waals surface area contributed by atoms with Crippen LogP contribution in [0, 0.1) is 13.8 Å². The predicted molar refractivity (Wildman–Crippen MR) is 114 cm³/mol. The molecule has 0 bridgehead atoms. The first-order valence-corrected chi connectivity index (χ1v) is 9.71. The van der Waals surface area contributed by atoms with Gasteiger partial charge in [-0.2, -0.15) is 0 Å². The molecule has 0 unspecified atom stereocenters. The standard InChI is InChI=1S/C22H24N6O/c1-16-5-3-6-20(17(16)2)26-19-13-18(14-23-15-19)21(29)27-9-11-28(12-10-27)22-24-7-4-8-25-22/h3-8,13-15,26H,9-12H2,1-2H3. The third-order valence-corrected chi connectivity index (χ3v) is 5.27. The summed E-state index contributed by atoms with van der Waals surface area (Å²) in [6, 6.07) is 9.79. The van der Waals surface area contributed by atoms with Crippen LogP contribution in [0.2, 0.25) is 0 Å². The van der Waals surface area contributed by atoms with Crippen molar-refractivity contribution in [3.05, 3.63) is 71.8 Å². The van der Waals surface area contributed by atoms with Crippen molar-refractivity contribution in [3.63, 3.8) is 0 Å². The molecule has 3 aromatic rings. The fourth-order valence-corrected chi connectivity index (χ4v) is 3.41. The number of amides is 1. The number of anilines is 3. The summed E-state index contributed by atoms with van der Waals surface area (Å²) in [5.74, 6) is 0.705. The summed E-state index contributed by atoms with van der Waals surface area (Å²) in [6.45, 7) is 6.85. The monoisotopic (exact) mass is 388 g/mol. The van der Waals surface area contributed by atoms with E-state index in [9.17, 15) is 4.79 Å². The van der Waals surface area contributed by atoms with Crippen LogP contribution in [0.1, 0.15) is 21.5 Å². The average Bonchev–Trinajstić information content (AvgIpc) is 2.77. The molecule has 1 aliphatic rings. The quantitative estimate of drug-likeness (QED) is 0.740. The average molecular weight is 388 g/mol. The Morgan fingerprint density at radius 1 is 1.00 bits per heavy atom. The molecule has 0 aliphatic carbocycles. The van der Waals surface area contributed by atoms with Crippen molar-refractivity contribution >= 4 is 23.2 Å². The number of nitrogens with zero attached hydrogens (tertiary/aromatic N) is 5. The van der Waals surface area contributed by atoms with Crippen LogP contribution >= 0.6 is 0 Å². The minimum absolute atomic E-state index is 0.00394. The molecule has 29 heavy (non-hydrogen) atoms. The number of aryl methyl sites for hydroxylation is 1. The first-order chi connectivity index (χ1) is 14.1. The molecule has 1 N–H and O–H groups in total. The molecule has 0 saturated carbocycles. The zero-order chi connectivity index (χ0) is 20.2. The highest BCUT2D eigenvalue weighted by atomic mass is 16.2. The number of benzene rings is 1. The van der Waals surface area contributed by atoms with Gasteiger partial charge in [-0.3, -0.25) is 9.78 Å². The zero-order valence-electron chi connectivity index (χ0n) is 16.7. The van der Waals surface area contributed by atoms with Gasteiger partial charge in [0, 0.05) is 50.5 Å². The molecule has 1 amide bonds. The summed E-state index contributed by atoms with van der Waals surface area (Å²) in [5.41, 5.74) is 4.82. The predicted octanol–water partition coefficient (Wildman–Crippen LogP) is 3.19. The van der Waals surface area contributed by atoms with E-state index in [0.717, 1.165) is 11.4 Å². The van der Waals surface area contributed by atoms with Crippen LogP contribution < -0.4 is 10.2 Å². The maximum absolute atomic E-state index is 13.0. The molecule has 148 valence electrons. The van der Waals surface area contributed by atoms with Gasteiger partial charge in [0.05, 0.1) is 17.4 Å². The van der Waals surface area contributed by atoms with Crippen LogP contribution in [-0.2, 0) is 0 Å². The minimum Gasteiger partial charge on any atom is -0.354 e. The van der Waals surface area contributed by atoms with Gasteiger partial charge >= 0.3 is 0 Å². The molecule has 1 fully saturated rings. The van der Waals surface area contributed by atoms with Gasteiger partial charge in [-0.15, -0.1) is 0 Å². The van der Waals surface area contributed by atoms with Gasteiger partial charge in [0.25, 0.3) is 5.91 Å². The SMILES string of the molecule is Cc1cccc(Nc2cncc(C(=O)N3CCN(c4ncccn4)CC3)c2)c1C. The van der Waals surface area contributed by atoms with E-state index in [4.69, 9.17) is 0 Å². The number of rotatable bonds is 4. The first-order valence-electron chi connectivity index (χ1n) is 9.71. The second-order valence-corrected chi connectivity index (χ2v) is 7.16. The van der Waals surface area contributed by atoms with Gasteiger partial charge in [0.15, 0.2) is 0 Å². The highest BCUT2D eigenvalue weighted by molar-refractivity contribution is 5.95. The van der Waals surface area contributed by atoms with Crippen molar-refractivity contribution in [1.29, 1.82) is 0 Å². The van der Waals surface area contributed by atoms with Crippen molar-refractivity contribution in [2.24, 2.45) is 0 Å². The Labute approximate surface area is 170 Å². The van der Waals surface area contributed by atoms with Gasteiger partial charge in [0.1, 0.15) is 0 Å². The van der Waals surface area contributed by atoms with E-state index in [0.29, 0.717) is 37.7 Å². The lowest BCUT2D eigenvalue weighted by Gasteiger charge is -2.34. The van der Waals surface area contributed by atoms with E-state index in [2.05, 4.69) is 45.1 Å². The van der Waals surface area contributed by atoms with E-state index < -0.39 is 0 Å². The molecule has 0 spiro atoms. The van der Waals surface area contributed by atoms with Crippen molar-refractivity contribution in [2.75, 3.05) is 36.4 Å². The summed E-state index contributed by atoms with van der Waals surface area (Å²) >= 11 is 0. The normalized spacial score (nSPS) is 14.0. The topological polar surface area (TPSA) is 74.2 Å². The zero-order valence-corrected chi connectivity index (χ0v) is 16.7. The Bertz CT molecular complexity index is 999. The van der Waals surface area contributed by atoms with Crippen molar-refractivity contribution in [2.45, 2.75) is 13.8 Å². The first kappa shape index (κ1) is 18.9. The Hall–Kier alpha value is -3.48. The summed E-state index contributed by atoms with van der Waals surface area (Å²) < 4.78 is 0. The van der Waals surface area contributed by atoms with Gasteiger partial charge in [-0.1, -0.05) is 12.1 Å². The smallest absolute Gasteiger partial charge is 0.255 e. The second kappa shape index (κ2) is 8.26. The molecular weight excluding hydrogens is 364 g/mol. The number of piperazine rings is 1. The molecule has 1 aromatic carbocycles. The fraction of sp³-hybridized carbons (Fsp3) is 0.273. The molecular formula is C22H24N6O. The minimum atomic E-state index is -0.00394. The summed E-state index contributed by atoms with van der Waals surface area (Å²) in [4.78, 5) is 29.8. The molecule has 4 rings (SSSR count). The van der Waals surface area contributed by atoms with E-state index in [-0.39, 0.29) is 5.91 Å². The maximum atomic E-state index is 13.0. The van der Waals surface area contributed by atoms with Crippen molar-refractivity contribution in [3.8, 4) is 0 Å². The lowest BCUT2D eigenvalue weighted by Crippen LogP contribution is -2.49. The number of carbonyl (C=O) groups is 1. The Morgan fingerprint density at radius 2 is 1.76 bits per heavy atom. The van der Waals surface area contributed by atoms with E-state index in [1.54, 1.807) is 30.9 Å². The third-order valence-electron chi connectivity index (χ3n) is 5.27. The number of carbonyl (C=O) groups excluding carboxylic acids is 1. The molecule has 7 nitrogen and oxygen atoms in total. The van der Waals surface area contributed by atoms with Gasteiger partial charge < -0.3 is 15.1 Å². The number of aromatic nitrogens is 3. The van der Waals surface area contributed by atoms with Crippen LogP contribution in [-0.4, -0.2) is 51.9 Å². The highest BCUT2D eigenvalue weighted by Crippen LogP contribution is 2.23. The lowest BCUT2D eigenvalue weighted by molar-refractivity contribution is 0.0746. The van der Waals surface area contributed by atoms with Gasteiger partial charge in [-0.25, -0.2) is 9.97 Å². The number of pyridine rings is 1. The van der Waals surface area contributed by atoms with Crippen molar-refractivity contribution < 1.29 is 4.79 Å². The largest absolute Gasteiger partial charge is 0.354 e. The van der Waals surface area contributed by atoms with Crippen LogP contribution in [0.4, 0.5) is 17.3 Å². The molecule has 0 atom stereocenters. The third kappa shape index (κ3) is 4.18. The fourth-order valence-electron chi connectivity index (χ4n) is 3.41. The molecule has 1 saturated heterocycles. The Kier molecular flexibility index (Phi) is 5.37. The molecule has 1 aliphatic heterocycles. The van der Waals surface area contributed by atoms with Crippen LogP contribution in [0.3, 0.4) is 0 Å². The number of hydrogen-bond acceptors (Lipinski definition) is 6. The van der Waals surface area contributed by atoms with Crippen molar-refractivity contribution in [1.82, 2.24) is 19.9 Å². The number of nitrogens with one attached hydrogen (secondary N) is 1. The van der Waals surface area contributed by atoms with Gasteiger partial charge in [-0.05, 0) is 43.2 Å². The second-order valence-electron chi connectivity index (χ2n) is 7.16. The lowest BCUT2D eigenvalue weighted by atomic mass is 10.1. The number of hydrogen-bond donors (Lipinski definition) is 1. The molecule has 0 radical (unpaired) electrons. The van der Waals surface area contributed by atoms with Crippen LogP contribution in [0.15, 0.2) is 55.1 Å². The molecule has 2 aromatic heterocycles. The molecule has 3 heterocycles. The van der Waals surface area contributed by atoms with E-state index in [1.165, 1.54) is 11.1 Å². The van der Waals surface area contributed by atoms with E-state index in [1.807, 2.05) is 23.1 Å². The molecule has 7 heteroatoms. The maximum Gasteiger partial charge on any atom is 0.255 e. The summed E-state index contributed by atoms with van der Waals surface area (Å²) in [6.07, 6.45) is 6.84. The summed E-state index contributed by atoms with van der Waals surface area (Å²) in [5, 5.41) is 3.38. The Morgan fingerprint density at radius 3 is 2.52 bits per heavy atom. The summed E-state index contributed by atoms with van der Waals surface area (Å²) in [7, 11) is 0. The van der Waals surface area contributed by atoms with Crippen LogP contribution in [0.5, 0.6) is 0 Å². The van der Waals surface area contributed by atoms with Crippen LogP contribution in [0.25, 0.3) is 0 Å². The highest BCUT2D eigenvalue weighted by Gasteiger charge is 2.23. The Balaban J connectivity index is 1.43. The van der Waals surface area contributed by atoms with E-state index >= 15 is 0 Å².